The van der Waals surface area contributed by atoms with E-state index in [0.717, 1.165) is 11.0 Å². The number of aromatic nitrogens is 4. The highest BCUT2D eigenvalue weighted by atomic mass is 16.2. The van der Waals surface area contributed by atoms with Gasteiger partial charge in [0, 0.05) is 12.4 Å². The summed E-state index contributed by atoms with van der Waals surface area (Å²) in [6.45, 7) is 1.76. The molecule has 0 saturated heterocycles. The second-order valence-electron chi connectivity index (χ2n) is 4.96. The second kappa shape index (κ2) is 5.80. The number of imidazole rings is 1. The molecule has 3 aromatic rings. The number of amides is 1. The topological polar surface area (TPSA) is 92.7 Å². The van der Waals surface area contributed by atoms with Gasteiger partial charge >= 0.3 is 5.69 Å². The minimum Gasteiger partial charge on any atom is -0.345 e. The van der Waals surface area contributed by atoms with E-state index in [1.165, 1.54) is 17.0 Å². The average molecular weight is 297 g/mol. The van der Waals surface area contributed by atoms with Crippen LogP contribution in [0.15, 0.2) is 47.5 Å². The third-order valence-electron chi connectivity index (χ3n) is 3.29. The predicted octanol–water partition coefficient (Wildman–Crippen LogP) is 0.997. The normalized spacial score (nSPS) is 12.2. The second-order valence-corrected chi connectivity index (χ2v) is 4.96. The molecular weight excluding hydrogens is 282 g/mol. The third kappa shape index (κ3) is 2.88. The number of para-hydroxylation sites is 2. The average Bonchev–Trinajstić information content (AvgIpc) is 2.93. The molecule has 2 N–H and O–H groups in total. The van der Waals surface area contributed by atoms with E-state index in [1.807, 2.05) is 31.2 Å². The fraction of sp³-hybridized carbons (Fsp3) is 0.200. The van der Waals surface area contributed by atoms with Crippen molar-refractivity contribution in [3.05, 3.63) is 59.0 Å². The van der Waals surface area contributed by atoms with Gasteiger partial charge in [-0.3, -0.25) is 9.36 Å². The minimum atomic E-state index is -0.450. The number of hydrogen-bond acceptors (Lipinski definition) is 4. The van der Waals surface area contributed by atoms with Gasteiger partial charge in [-0.25, -0.2) is 14.8 Å². The summed E-state index contributed by atoms with van der Waals surface area (Å²) < 4.78 is 1.25. The molecule has 0 aliphatic carbocycles. The van der Waals surface area contributed by atoms with Crippen molar-refractivity contribution < 1.29 is 4.79 Å². The number of benzene rings is 1. The molecule has 1 unspecified atom stereocenters. The van der Waals surface area contributed by atoms with E-state index in [2.05, 4.69) is 20.3 Å². The van der Waals surface area contributed by atoms with Crippen molar-refractivity contribution in [3.8, 4) is 0 Å². The van der Waals surface area contributed by atoms with Crippen LogP contribution in [0.1, 0.15) is 18.8 Å². The predicted molar refractivity (Wildman–Crippen MR) is 81.1 cm³/mol. The molecule has 112 valence electrons. The summed E-state index contributed by atoms with van der Waals surface area (Å²) >= 11 is 0. The van der Waals surface area contributed by atoms with Gasteiger partial charge in [-0.1, -0.05) is 12.1 Å². The molecule has 0 fully saturated rings. The van der Waals surface area contributed by atoms with Crippen molar-refractivity contribution in [1.29, 1.82) is 0 Å². The van der Waals surface area contributed by atoms with Crippen molar-refractivity contribution in [3.63, 3.8) is 0 Å². The number of hydrogen-bond donors (Lipinski definition) is 2. The van der Waals surface area contributed by atoms with Crippen molar-refractivity contribution in [2.24, 2.45) is 0 Å². The number of carbonyl (C=O) groups excluding carboxylic acids is 1. The molecule has 2 heterocycles. The molecule has 3 rings (SSSR count). The standard InChI is InChI=1S/C15H15N5O2/c1-10(14-18-11-5-2-3-6-12(11)19-14)17-13(21)9-20-8-4-7-16-15(20)22/h2-8,10H,9H2,1H3,(H,17,21)(H,18,19). The Morgan fingerprint density at radius 3 is 2.95 bits per heavy atom. The smallest absolute Gasteiger partial charge is 0.345 e. The SMILES string of the molecule is CC(NC(=O)Cn1cccnc1=O)c1nc2ccccc2[nH]1. The van der Waals surface area contributed by atoms with Gasteiger partial charge in [0.05, 0.1) is 17.1 Å². The van der Waals surface area contributed by atoms with Crippen molar-refractivity contribution in [2.45, 2.75) is 19.5 Å². The maximum absolute atomic E-state index is 12.0. The van der Waals surface area contributed by atoms with Crippen LogP contribution in [-0.2, 0) is 11.3 Å². The van der Waals surface area contributed by atoms with Gasteiger partial charge in [-0.15, -0.1) is 0 Å². The van der Waals surface area contributed by atoms with Gasteiger partial charge in [-0.05, 0) is 25.1 Å². The molecule has 7 nitrogen and oxygen atoms in total. The molecular formula is C15H15N5O2. The number of aromatic amines is 1. The molecule has 1 amide bonds. The van der Waals surface area contributed by atoms with Crippen LogP contribution in [0.4, 0.5) is 0 Å². The maximum Gasteiger partial charge on any atom is 0.347 e. The molecule has 22 heavy (non-hydrogen) atoms. The number of fused-ring (bicyclic) bond motifs is 1. The Labute approximate surface area is 126 Å². The van der Waals surface area contributed by atoms with Crippen LogP contribution in [0.3, 0.4) is 0 Å². The lowest BCUT2D eigenvalue weighted by Gasteiger charge is -2.12. The Bertz CT molecular complexity index is 834. The van der Waals surface area contributed by atoms with Crippen LogP contribution in [0.25, 0.3) is 11.0 Å². The molecule has 0 radical (unpaired) electrons. The summed E-state index contributed by atoms with van der Waals surface area (Å²) in [5.74, 6) is 0.399. The van der Waals surface area contributed by atoms with Gasteiger partial charge in [-0.2, -0.15) is 0 Å². The molecule has 7 heteroatoms. The van der Waals surface area contributed by atoms with Crippen LogP contribution < -0.4 is 11.0 Å². The first-order valence-electron chi connectivity index (χ1n) is 6.89. The van der Waals surface area contributed by atoms with Gasteiger partial charge in [0.25, 0.3) is 0 Å². The van der Waals surface area contributed by atoms with Crippen molar-refractivity contribution in [1.82, 2.24) is 24.8 Å². The van der Waals surface area contributed by atoms with Gasteiger partial charge in [0.15, 0.2) is 0 Å². The number of nitrogens with one attached hydrogen (secondary N) is 2. The largest absolute Gasteiger partial charge is 0.347 e. The maximum atomic E-state index is 12.0. The molecule has 0 spiro atoms. The van der Waals surface area contributed by atoms with Crippen LogP contribution >= 0.6 is 0 Å². The summed E-state index contributed by atoms with van der Waals surface area (Å²) in [6, 6.07) is 8.98. The van der Waals surface area contributed by atoms with E-state index >= 15 is 0 Å². The first-order valence-corrected chi connectivity index (χ1v) is 6.89. The van der Waals surface area contributed by atoms with E-state index in [-0.39, 0.29) is 18.5 Å². The van der Waals surface area contributed by atoms with Gasteiger partial charge in [0.1, 0.15) is 12.4 Å². The molecule has 1 atom stereocenters. The van der Waals surface area contributed by atoms with Crippen LogP contribution in [-0.4, -0.2) is 25.4 Å². The quantitative estimate of drug-likeness (QED) is 0.751. The van der Waals surface area contributed by atoms with E-state index in [0.29, 0.717) is 5.82 Å². The zero-order chi connectivity index (χ0) is 15.5. The summed E-state index contributed by atoms with van der Waals surface area (Å²) in [7, 11) is 0. The lowest BCUT2D eigenvalue weighted by Crippen LogP contribution is -2.34. The van der Waals surface area contributed by atoms with E-state index in [9.17, 15) is 9.59 Å². The Morgan fingerprint density at radius 2 is 2.18 bits per heavy atom. The summed E-state index contributed by atoms with van der Waals surface area (Å²) in [5, 5.41) is 2.81. The van der Waals surface area contributed by atoms with E-state index in [4.69, 9.17) is 0 Å². The highest BCUT2D eigenvalue weighted by Crippen LogP contribution is 2.15. The highest BCUT2D eigenvalue weighted by Gasteiger charge is 2.14. The van der Waals surface area contributed by atoms with Gasteiger partial charge in [0.2, 0.25) is 5.91 Å². The summed E-state index contributed by atoms with van der Waals surface area (Å²) in [4.78, 5) is 34.7. The fourth-order valence-electron chi connectivity index (χ4n) is 2.20. The monoisotopic (exact) mass is 297 g/mol. The zero-order valence-electron chi connectivity index (χ0n) is 12.0. The Hall–Kier alpha value is -2.96. The molecule has 1 aromatic carbocycles. The highest BCUT2D eigenvalue weighted by molar-refractivity contribution is 5.77. The molecule has 2 aromatic heterocycles. The van der Waals surface area contributed by atoms with Crippen LogP contribution in [0, 0.1) is 0 Å². The van der Waals surface area contributed by atoms with Crippen LogP contribution in [0.2, 0.25) is 0 Å². The van der Waals surface area contributed by atoms with Crippen molar-refractivity contribution >= 4 is 16.9 Å². The minimum absolute atomic E-state index is 0.0722. The molecule has 0 saturated carbocycles. The first-order chi connectivity index (χ1) is 10.6. The van der Waals surface area contributed by atoms with Crippen LogP contribution in [0.5, 0.6) is 0 Å². The fourth-order valence-corrected chi connectivity index (χ4v) is 2.20. The number of nitrogens with zero attached hydrogens (tertiary/aromatic N) is 3. The number of H-pyrrole nitrogens is 1. The summed E-state index contributed by atoms with van der Waals surface area (Å²) in [6.07, 6.45) is 2.93. The molecule has 0 aliphatic heterocycles. The van der Waals surface area contributed by atoms with Crippen molar-refractivity contribution in [2.75, 3.05) is 0 Å². The zero-order valence-corrected chi connectivity index (χ0v) is 12.0. The first kappa shape index (κ1) is 14.0. The third-order valence-corrected chi connectivity index (χ3v) is 3.29. The molecule has 0 bridgehead atoms. The Morgan fingerprint density at radius 1 is 1.36 bits per heavy atom. The lowest BCUT2D eigenvalue weighted by molar-refractivity contribution is -0.122. The summed E-state index contributed by atoms with van der Waals surface area (Å²) in [5.41, 5.74) is 1.32. The number of rotatable bonds is 4. The number of carbonyl (C=O) groups is 1. The Kier molecular flexibility index (Phi) is 3.69. The Balaban J connectivity index is 1.71. The van der Waals surface area contributed by atoms with E-state index < -0.39 is 5.69 Å². The van der Waals surface area contributed by atoms with Gasteiger partial charge < -0.3 is 10.3 Å². The lowest BCUT2D eigenvalue weighted by atomic mass is 10.3. The van der Waals surface area contributed by atoms with E-state index in [1.54, 1.807) is 6.07 Å². The molecule has 0 aliphatic rings.